The lowest BCUT2D eigenvalue weighted by molar-refractivity contribution is -0.141. The van der Waals surface area contributed by atoms with Gasteiger partial charge in [0.15, 0.2) is 0 Å². The van der Waals surface area contributed by atoms with Crippen LogP contribution in [0.4, 0.5) is 5.69 Å². The van der Waals surface area contributed by atoms with Gasteiger partial charge in [-0.05, 0) is 69.2 Å². The molecule has 0 unspecified atom stereocenters. The Labute approximate surface area is 229 Å². The average molecular weight is 538 g/mol. The number of likely N-dealkylation sites (tertiary alicyclic amines) is 1. The van der Waals surface area contributed by atoms with Crippen molar-refractivity contribution in [3.05, 3.63) is 53.1 Å². The van der Waals surface area contributed by atoms with Crippen LogP contribution in [-0.4, -0.2) is 53.0 Å². The summed E-state index contributed by atoms with van der Waals surface area (Å²) in [6, 6.07) is 6.24. The summed E-state index contributed by atoms with van der Waals surface area (Å²) in [7, 11) is 0. The monoisotopic (exact) mass is 537 g/mol. The fourth-order valence-corrected chi connectivity index (χ4v) is 7.32. The molecule has 2 N–H and O–H groups in total. The van der Waals surface area contributed by atoms with Crippen molar-refractivity contribution in [2.75, 3.05) is 11.9 Å². The zero-order chi connectivity index (χ0) is 26.3. The number of carbonyl (C=O) groups excluding carboxylic acids is 3. The molecule has 202 valence electrons. The van der Waals surface area contributed by atoms with Crippen LogP contribution in [0.2, 0.25) is 5.02 Å². The Bertz CT molecular complexity index is 1160. The highest BCUT2D eigenvalue weighted by Crippen LogP contribution is 2.55. The predicted octanol–water partition coefficient (Wildman–Crippen LogP) is 4.77. The van der Waals surface area contributed by atoms with Gasteiger partial charge in [-0.3, -0.25) is 14.4 Å². The molecule has 7 nitrogen and oxygen atoms in total. The first-order valence-corrected chi connectivity index (χ1v) is 14.6. The van der Waals surface area contributed by atoms with E-state index in [1.165, 1.54) is 24.8 Å². The van der Waals surface area contributed by atoms with E-state index >= 15 is 0 Å². The highest BCUT2D eigenvalue weighted by molar-refractivity contribution is 6.30. The molecule has 5 atom stereocenters. The minimum Gasteiger partial charge on any atom is -0.359 e. The van der Waals surface area contributed by atoms with Crippen LogP contribution in [-0.2, 0) is 19.1 Å². The standard InChI is InChI=1S/C30H36ClN3O4/c31-20-11-13-22(14-12-20)32-27(35)24-23-15-17-30(38-23)25(24)29(37)34(18-16-19-7-3-1-4-8-19)26(30)28(36)33-21-9-5-2-6-10-21/h7,11-15,17,21,23-26H,1-6,8-10,16,18H2,(H,32,35)(H,33,36)/t23-,24+,25-,26-,30-/m0/s1. The molecule has 0 radical (unpaired) electrons. The number of hydrogen-bond donors (Lipinski definition) is 2. The Morgan fingerprint density at radius 3 is 2.58 bits per heavy atom. The van der Waals surface area contributed by atoms with Crippen molar-refractivity contribution in [2.24, 2.45) is 11.8 Å². The van der Waals surface area contributed by atoms with Gasteiger partial charge in [0.1, 0.15) is 11.6 Å². The van der Waals surface area contributed by atoms with Gasteiger partial charge < -0.3 is 20.3 Å². The zero-order valence-electron chi connectivity index (χ0n) is 21.7. The van der Waals surface area contributed by atoms with Crippen LogP contribution in [0, 0.1) is 11.8 Å². The highest BCUT2D eigenvalue weighted by atomic mass is 35.5. The summed E-state index contributed by atoms with van der Waals surface area (Å²) in [4.78, 5) is 43.2. The second-order valence-corrected chi connectivity index (χ2v) is 11.9. The first-order valence-electron chi connectivity index (χ1n) is 14.2. The lowest BCUT2D eigenvalue weighted by Crippen LogP contribution is -2.56. The van der Waals surface area contributed by atoms with Crippen LogP contribution in [0.1, 0.15) is 64.2 Å². The molecule has 3 fully saturated rings. The van der Waals surface area contributed by atoms with E-state index in [9.17, 15) is 14.4 Å². The topological polar surface area (TPSA) is 87.7 Å². The number of halogens is 1. The van der Waals surface area contributed by atoms with Crippen molar-refractivity contribution in [2.45, 2.75) is 88.0 Å². The van der Waals surface area contributed by atoms with E-state index in [1.807, 2.05) is 12.2 Å². The van der Waals surface area contributed by atoms with E-state index in [0.717, 1.165) is 44.9 Å². The van der Waals surface area contributed by atoms with Gasteiger partial charge in [-0.2, -0.15) is 0 Å². The number of nitrogens with zero attached hydrogens (tertiary/aromatic N) is 1. The van der Waals surface area contributed by atoms with Crippen LogP contribution >= 0.6 is 11.6 Å². The van der Waals surface area contributed by atoms with Crippen molar-refractivity contribution in [1.29, 1.82) is 0 Å². The predicted molar refractivity (Wildman–Crippen MR) is 145 cm³/mol. The minimum atomic E-state index is -1.12. The van der Waals surface area contributed by atoms with Crippen LogP contribution in [0.5, 0.6) is 0 Å². The molecule has 5 aliphatic rings. The van der Waals surface area contributed by atoms with Gasteiger partial charge in [0.2, 0.25) is 17.7 Å². The molecule has 1 spiro atoms. The van der Waals surface area contributed by atoms with E-state index < -0.39 is 29.6 Å². The number of fused-ring (bicyclic) bond motifs is 1. The van der Waals surface area contributed by atoms with Crippen molar-refractivity contribution >= 4 is 35.0 Å². The van der Waals surface area contributed by atoms with E-state index in [1.54, 1.807) is 29.2 Å². The van der Waals surface area contributed by atoms with Gasteiger partial charge in [0.05, 0.1) is 17.9 Å². The molecule has 6 rings (SSSR count). The fourth-order valence-electron chi connectivity index (χ4n) is 7.19. The maximum Gasteiger partial charge on any atom is 0.246 e. The molecule has 1 aromatic rings. The number of allylic oxidation sites excluding steroid dienone is 1. The van der Waals surface area contributed by atoms with Crippen LogP contribution in [0.3, 0.4) is 0 Å². The second kappa shape index (κ2) is 10.5. The Hall–Kier alpha value is -2.64. The Kier molecular flexibility index (Phi) is 7.08. The third-order valence-corrected chi connectivity index (χ3v) is 9.30. The highest BCUT2D eigenvalue weighted by Gasteiger charge is 2.72. The number of hydrogen-bond acceptors (Lipinski definition) is 4. The molecule has 1 aromatic carbocycles. The lowest BCUT2D eigenvalue weighted by atomic mass is 9.74. The lowest BCUT2D eigenvalue weighted by Gasteiger charge is -2.34. The fraction of sp³-hybridized carbons (Fsp3) is 0.567. The first kappa shape index (κ1) is 25.6. The van der Waals surface area contributed by atoms with Crippen LogP contribution < -0.4 is 10.6 Å². The number of rotatable bonds is 7. The van der Waals surface area contributed by atoms with Crippen molar-refractivity contribution < 1.29 is 19.1 Å². The maximum absolute atomic E-state index is 14.1. The minimum absolute atomic E-state index is 0.122. The second-order valence-electron chi connectivity index (χ2n) is 11.4. The van der Waals surface area contributed by atoms with Gasteiger partial charge in [0, 0.05) is 23.3 Å². The molecule has 0 aromatic heterocycles. The molecule has 3 heterocycles. The molecule has 2 bridgehead atoms. The Morgan fingerprint density at radius 2 is 1.84 bits per heavy atom. The van der Waals surface area contributed by atoms with Crippen molar-refractivity contribution in [1.82, 2.24) is 10.2 Å². The van der Waals surface area contributed by atoms with E-state index in [0.29, 0.717) is 17.3 Å². The third kappa shape index (κ3) is 4.58. The molecular formula is C30H36ClN3O4. The van der Waals surface area contributed by atoms with E-state index in [-0.39, 0.29) is 23.8 Å². The Balaban J connectivity index is 1.27. The summed E-state index contributed by atoms with van der Waals surface area (Å²) in [5.41, 5.74) is 0.838. The summed E-state index contributed by atoms with van der Waals surface area (Å²) in [6.45, 7) is 0.457. The summed E-state index contributed by atoms with van der Waals surface area (Å²) in [5.74, 6) is -2.02. The third-order valence-electron chi connectivity index (χ3n) is 9.05. The van der Waals surface area contributed by atoms with Crippen LogP contribution in [0.15, 0.2) is 48.1 Å². The van der Waals surface area contributed by atoms with Crippen molar-refractivity contribution in [3.8, 4) is 0 Å². The molecule has 2 saturated heterocycles. The quantitative estimate of drug-likeness (QED) is 0.490. The van der Waals surface area contributed by atoms with E-state index in [4.69, 9.17) is 16.3 Å². The van der Waals surface area contributed by atoms with Gasteiger partial charge in [-0.15, -0.1) is 0 Å². The molecular weight excluding hydrogens is 502 g/mol. The summed E-state index contributed by atoms with van der Waals surface area (Å²) in [6.07, 6.45) is 16.0. The number of ether oxygens (including phenoxy) is 1. The van der Waals surface area contributed by atoms with Gasteiger partial charge in [0.25, 0.3) is 0 Å². The molecule has 38 heavy (non-hydrogen) atoms. The zero-order valence-corrected chi connectivity index (χ0v) is 22.4. The number of carbonyl (C=O) groups is 3. The number of anilines is 1. The van der Waals surface area contributed by atoms with Crippen LogP contribution in [0.25, 0.3) is 0 Å². The van der Waals surface area contributed by atoms with Gasteiger partial charge in [-0.1, -0.05) is 54.7 Å². The maximum atomic E-state index is 14.1. The van der Waals surface area contributed by atoms with Gasteiger partial charge >= 0.3 is 0 Å². The SMILES string of the molecule is O=C(Nc1ccc(Cl)cc1)[C@@H]1[C@@H]2C=C[C@]3(O2)[C@@H]1C(=O)N(CCC1=CCCCC1)[C@H]3C(=O)NC1CCCCC1. The normalized spacial score (nSPS) is 32.3. The average Bonchev–Trinajstić information content (AvgIpc) is 3.57. The molecule has 2 aliphatic carbocycles. The van der Waals surface area contributed by atoms with Gasteiger partial charge in [-0.25, -0.2) is 0 Å². The van der Waals surface area contributed by atoms with E-state index in [2.05, 4.69) is 16.7 Å². The first-order chi connectivity index (χ1) is 18.5. The largest absolute Gasteiger partial charge is 0.359 e. The van der Waals surface area contributed by atoms with Crippen molar-refractivity contribution in [3.63, 3.8) is 0 Å². The molecule has 1 saturated carbocycles. The smallest absolute Gasteiger partial charge is 0.246 e. The number of amides is 3. The number of nitrogens with one attached hydrogen (secondary N) is 2. The molecule has 3 aliphatic heterocycles. The summed E-state index contributed by atoms with van der Waals surface area (Å²) >= 11 is 6.00. The number of benzene rings is 1. The summed E-state index contributed by atoms with van der Waals surface area (Å²) in [5, 5.41) is 6.77. The Morgan fingerprint density at radius 1 is 1.05 bits per heavy atom. The summed E-state index contributed by atoms with van der Waals surface area (Å²) < 4.78 is 6.46. The molecule has 8 heteroatoms. The molecule has 3 amide bonds.